The van der Waals surface area contributed by atoms with Crippen LogP contribution in [0, 0.1) is 0 Å². The van der Waals surface area contributed by atoms with Gasteiger partial charge in [-0.1, -0.05) is 140 Å². The van der Waals surface area contributed by atoms with E-state index in [1.807, 2.05) is 66.7 Å². The molecule has 1 aromatic heterocycles. The summed E-state index contributed by atoms with van der Waals surface area (Å²) in [6, 6.07) is 55.0. The first-order valence-electron chi connectivity index (χ1n) is 18.2. The van der Waals surface area contributed by atoms with Gasteiger partial charge in [0.15, 0.2) is 11.5 Å². The molecule has 5 N–H and O–H groups in total. The average Bonchev–Trinajstić information content (AvgIpc) is 3.64. The Bertz CT molecular complexity index is 3110. The molecule has 10 aromatic rings. The van der Waals surface area contributed by atoms with E-state index in [-0.39, 0.29) is 5.56 Å². The molecule has 1 heterocycles. The SMILES string of the molecule is Oc1c(O)c(O)c(-c2c3ccccc3c(-c3cccc4oc5cc(-c6cccc(-c7ccccc7-c7ccccc7)c6)ccc5c34)c3ccccc23)c(O)c1O. The fourth-order valence-electron chi connectivity index (χ4n) is 8.29. The topological polar surface area (TPSA) is 114 Å². The first-order valence-corrected chi connectivity index (χ1v) is 18.2. The molecule has 10 rings (SSSR count). The molecule has 0 unspecified atom stereocenters. The molecular weight excluding hydrogens is 697 g/mol. The summed E-state index contributed by atoms with van der Waals surface area (Å²) in [6.45, 7) is 0. The molecule has 0 amide bonds. The molecule has 0 saturated carbocycles. The van der Waals surface area contributed by atoms with Crippen LogP contribution in [0.25, 0.3) is 99.1 Å². The molecule has 268 valence electrons. The number of fused-ring (bicyclic) bond motifs is 5. The first-order chi connectivity index (χ1) is 27.4. The molecule has 0 aliphatic carbocycles. The summed E-state index contributed by atoms with van der Waals surface area (Å²) in [5, 5.41) is 58.3. The van der Waals surface area contributed by atoms with Crippen molar-refractivity contribution >= 4 is 43.5 Å². The van der Waals surface area contributed by atoms with Crippen molar-refractivity contribution in [1.29, 1.82) is 0 Å². The van der Waals surface area contributed by atoms with Crippen LogP contribution in [0.2, 0.25) is 0 Å². The van der Waals surface area contributed by atoms with Crippen molar-refractivity contribution in [3.05, 3.63) is 164 Å². The van der Waals surface area contributed by atoms with E-state index in [0.717, 1.165) is 66.1 Å². The highest BCUT2D eigenvalue weighted by Crippen LogP contribution is 2.58. The third-order valence-corrected chi connectivity index (χ3v) is 10.8. The van der Waals surface area contributed by atoms with Crippen molar-refractivity contribution in [2.75, 3.05) is 0 Å². The molecule has 0 spiro atoms. The molecule has 0 aliphatic heterocycles. The Morgan fingerprint density at radius 2 is 0.768 bits per heavy atom. The summed E-state index contributed by atoms with van der Waals surface area (Å²) in [5.41, 5.74) is 10.2. The summed E-state index contributed by atoms with van der Waals surface area (Å²) >= 11 is 0. The summed E-state index contributed by atoms with van der Waals surface area (Å²) < 4.78 is 6.61. The second kappa shape index (κ2) is 12.7. The Kier molecular flexibility index (Phi) is 7.47. The van der Waals surface area contributed by atoms with E-state index in [9.17, 15) is 25.5 Å². The summed E-state index contributed by atoms with van der Waals surface area (Å²) in [5.74, 6) is -4.34. The second-order valence-electron chi connectivity index (χ2n) is 13.9. The highest BCUT2D eigenvalue weighted by molar-refractivity contribution is 6.26. The lowest BCUT2D eigenvalue weighted by Gasteiger charge is -2.20. The van der Waals surface area contributed by atoms with Gasteiger partial charge in [0, 0.05) is 16.3 Å². The molecule has 0 saturated heterocycles. The van der Waals surface area contributed by atoms with Gasteiger partial charge in [-0.05, 0) is 90.3 Å². The maximum absolute atomic E-state index is 11.1. The zero-order valence-electron chi connectivity index (χ0n) is 29.7. The number of aromatic hydroxyl groups is 5. The van der Waals surface area contributed by atoms with Crippen molar-refractivity contribution in [2.45, 2.75) is 0 Å². The zero-order chi connectivity index (χ0) is 38.1. The molecule has 6 heteroatoms. The lowest BCUT2D eigenvalue weighted by molar-refractivity contribution is 0.330. The molecule has 0 fully saturated rings. The average molecular weight is 729 g/mol. The predicted molar refractivity (Wildman–Crippen MR) is 224 cm³/mol. The number of hydrogen-bond donors (Lipinski definition) is 5. The van der Waals surface area contributed by atoms with Crippen molar-refractivity contribution in [1.82, 2.24) is 0 Å². The third-order valence-electron chi connectivity index (χ3n) is 10.8. The van der Waals surface area contributed by atoms with Crippen molar-refractivity contribution in [2.24, 2.45) is 0 Å². The van der Waals surface area contributed by atoms with Crippen LogP contribution in [0.15, 0.2) is 168 Å². The van der Waals surface area contributed by atoms with Crippen LogP contribution in [0.1, 0.15) is 0 Å². The Morgan fingerprint density at radius 1 is 0.286 bits per heavy atom. The maximum atomic E-state index is 11.1. The van der Waals surface area contributed by atoms with E-state index >= 15 is 0 Å². The van der Waals surface area contributed by atoms with Crippen LogP contribution in [-0.2, 0) is 0 Å². The standard InChI is InChI=1S/C50H32O6/c51-46-45(47(52)49(54)50(55)48(46)53)44-36-20-8-6-18-34(36)42(35-19-7-9-21-37(35)44)39-22-11-23-40-43(39)38-25-24-30(27-41(38)56-40)29-14-10-15-31(26-29)33-17-5-4-16-32(33)28-12-2-1-3-13-28/h1-27,51-55H. The molecule has 0 aliphatic rings. The van der Waals surface area contributed by atoms with Gasteiger partial charge in [0.05, 0.1) is 5.56 Å². The number of rotatable bonds is 5. The van der Waals surface area contributed by atoms with Crippen molar-refractivity contribution in [3.8, 4) is 84.4 Å². The van der Waals surface area contributed by atoms with Crippen molar-refractivity contribution < 1.29 is 29.9 Å². The lowest BCUT2D eigenvalue weighted by atomic mass is 9.84. The van der Waals surface area contributed by atoms with Gasteiger partial charge in [-0.2, -0.15) is 0 Å². The normalized spacial score (nSPS) is 11.6. The first kappa shape index (κ1) is 32.9. The Hall–Kier alpha value is -7.70. The minimum absolute atomic E-state index is 0.191. The van der Waals surface area contributed by atoms with Crippen LogP contribution in [-0.4, -0.2) is 25.5 Å². The van der Waals surface area contributed by atoms with Crippen LogP contribution >= 0.6 is 0 Å². The van der Waals surface area contributed by atoms with Gasteiger partial charge in [-0.15, -0.1) is 0 Å². The summed E-state index contributed by atoms with van der Waals surface area (Å²) in [4.78, 5) is 0. The quantitative estimate of drug-likeness (QED) is 0.0685. The van der Waals surface area contributed by atoms with Crippen LogP contribution in [0.5, 0.6) is 28.7 Å². The third kappa shape index (κ3) is 4.97. The van der Waals surface area contributed by atoms with Crippen LogP contribution in [0.3, 0.4) is 0 Å². The van der Waals surface area contributed by atoms with Gasteiger partial charge >= 0.3 is 0 Å². The minimum atomic E-state index is -1.00. The molecule has 0 bridgehead atoms. The van der Waals surface area contributed by atoms with Gasteiger partial charge in [0.2, 0.25) is 17.2 Å². The number of phenolic OH excluding ortho intramolecular Hbond substituents is 5. The molecule has 6 nitrogen and oxygen atoms in total. The molecule has 9 aromatic carbocycles. The molecular formula is C50H32O6. The van der Waals surface area contributed by atoms with E-state index in [1.54, 1.807) is 0 Å². The van der Waals surface area contributed by atoms with Gasteiger partial charge in [-0.3, -0.25) is 0 Å². The molecule has 0 radical (unpaired) electrons. The number of benzene rings is 9. The fourth-order valence-corrected chi connectivity index (χ4v) is 8.29. The Labute approximate surface area is 320 Å². The smallest absolute Gasteiger partial charge is 0.208 e. The van der Waals surface area contributed by atoms with Gasteiger partial charge in [0.25, 0.3) is 0 Å². The van der Waals surface area contributed by atoms with Gasteiger partial charge in [-0.25, -0.2) is 0 Å². The highest BCUT2D eigenvalue weighted by Gasteiger charge is 2.28. The van der Waals surface area contributed by atoms with E-state index in [0.29, 0.717) is 16.3 Å². The van der Waals surface area contributed by atoms with E-state index in [1.165, 1.54) is 11.1 Å². The maximum Gasteiger partial charge on any atom is 0.208 e. The molecule has 0 atom stereocenters. The van der Waals surface area contributed by atoms with Gasteiger partial charge < -0.3 is 29.9 Å². The number of furan rings is 1. The summed E-state index contributed by atoms with van der Waals surface area (Å²) in [7, 11) is 0. The number of phenols is 5. The largest absolute Gasteiger partial charge is 0.504 e. The predicted octanol–water partition coefficient (Wildman–Crippen LogP) is 12.8. The van der Waals surface area contributed by atoms with E-state index in [4.69, 9.17) is 4.42 Å². The molecule has 56 heavy (non-hydrogen) atoms. The van der Waals surface area contributed by atoms with E-state index in [2.05, 4.69) is 97.1 Å². The van der Waals surface area contributed by atoms with Crippen LogP contribution in [0.4, 0.5) is 0 Å². The zero-order valence-corrected chi connectivity index (χ0v) is 29.7. The van der Waals surface area contributed by atoms with Gasteiger partial charge in [0.1, 0.15) is 11.2 Å². The summed E-state index contributed by atoms with van der Waals surface area (Å²) in [6.07, 6.45) is 0. The van der Waals surface area contributed by atoms with Crippen molar-refractivity contribution in [3.63, 3.8) is 0 Å². The lowest BCUT2D eigenvalue weighted by Crippen LogP contribution is -1.92. The number of hydrogen-bond acceptors (Lipinski definition) is 6. The second-order valence-corrected chi connectivity index (χ2v) is 13.9. The highest BCUT2D eigenvalue weighted by atomic mass is 16.4. The Morgan fingerprint density at radius 3 is 1.43 bits per heavy atom. The Balaban J connectivity index is 1.16. The fraction of sp³-hybridized carbons (Fsp3) is 0. The monoisotopic (exact) mass is 728 g/mol. The van der Waals surface area contributed by atoms with E-state index < -0.39 is 28.7 Å². The van der Waals surface area contributed by atoms with Crippen LogP contribution < -0.4 is 0 Å². The minimum Gasteiger partial charge on any atom is -0.504 e.